The lowest BCUT2D eigenvalue weighted by molar-refractivity contribution is -0.135. The van der Waals surface area contributed by atoms with E-state index in [9.17, 15) is 4.79 Å². The molecule has 0 saturated carbocycles. The highest BCUT2D eigenvalue weighted by molar-refractivity contribution is 7.07. The zero-order valence-electron chi connectivity index (χ0n) is 14.3. The SMILES string of the molecule is O=C(CCc1cc2n(n1)CCN(Cc1cscn1)C2)N1CCOCC1. The molecule has 0 unspecified atom stereocenters. The van der Waals surface area contributed by atoms with Crippen molar-refractivity contribution in [2.45, 2.75) is 32.5 Å². The molecule has 0 atom stereocenters. The molecule has 1 fully saturated rings. The summed E-state index contributed by atoms with van der Waals surface area (Å²) in [6, 6.07) is 2.15. The van der Waals surface area contributed by atoms with Crippen LogP contribution in [0.2, 0.25) is 0 Å². The Hall–Kier alpha value is -1.77. The van der Waals surface area contributed by atoms with E-state index in [0.29, 0.717) is 39.1 Å². The standard InChI is InChI=1S/C17H23N5O2S/c23-17(21-5-7-24-8-6-21)2-1-14-9-16-11-20(3-4-22(16)19-14)10-15-12-25-13-18-15/h9,12-13H,1-8,10-11H2. The molecule has 25 heavy (non-hydrogen) atoms. The van der Waals surface area contributed by atoms with Gasteiger partial charge in [0.1, 0.15) is 0 Å². The Kier molecular flexibility index (Phi) is 5.09. The van der Waals surface area contributed by atoms with Gasteiger partial charge in [0.05, 0.1) is 42.4 Å². The number of fused-ring (bicyclic) bond motifs is 1. The second kappa shape index (κ2) is 7.63. The summed E-state index contributed by atoms with van der Waals surface area (Å²) in [7, 11) is 0. The number of carbonyl (C=O) groups excluding carboxylic acids is 1. The van der Waals surface area contributed by atoms with Gasteiger partial charge in [-0.15, -0.1) is 11.3 Å². The second-order valence-corrected chi connectivity index (χ2v) is 7.25. The van der Waals surface area contributed by atoms with Gasteiger partial charge in [-0.2, -0.15) is 5.10 Å². The normalized spacial score (nSPS) is 18.3. The predicted octanol–water partition coefficient (Wildman–Crippen LogP) is 1.15. The fourth-order valence-electron chi connectivity index (χ4n) is 3.39. The van der Waals surface area contributed by atoms with Gasteiger partial charge in [-0.25, -0.2) is 4.98 Å². The minimum Gasteiger partial charge on any atom is -0.378 e. The van der Waals surface area contributed by atoms with E-state index in [1.54, 1.807) is 11.3 Å². The zero-order valence-corrected chi connectivity index (χ0v) is 15.1. The average molecular weight is 361 g/mol. The lowest BCUT2D eigenvalue weighted by atomic mass is 10.2. The van der Waals surface area contributed by atoms with Crippen LogP contribution in [0.25, 0.3) is 0 Å². The number of nitrogens with zero attached hydrogens (tertiary/aromatic N) is 5. The lowest BCUT2D eigenvalue weighted by Crippen LogP contribution is -2.40. The van der Waals surface area contributed by atoms with Gasteiger partial charge in [-0.05, 0) is 6.07 Å². The van der Waals surface area contributed by atoms with Crippen LogP contribution in [-0.2, 0) is 35.6 Å². The van der Waals surface area contributed by atoms with Gasteiger partial charge in [0, 0.05) is 50.9 Å². The maximum absolute atomic E-state index is 12.3. The summed E-state index contributed by atoms with van der Waals surface area (Å²) < 4.78 is 7.39. The van der Waals surface area contributed by atoms with Crippen molar-refractivity contribution in [2.75, 3.05) is 32.8 Å². The Morgan fingerprint density at radius 1 is 1.20 bits per heavy atom. The van der Waals surface area contributed by atoms with Crippen LogP contribution in [0.1, 0.15) is 23.5 Å². The van der Waals surface area contributed by atoms with E-state index in [-0.39, 0.29) is 5.91 Å². The molecule has 4 heterocycles. The second-order valence-electron chi connectivity index (χ2n) is 6.53. The topological polar surface area (TPSA) is 63.5 Å². The number of rotatable bonds is 5. The molecule has 8 heteroatoms. The number of morpholine rings is 1. The van der Waals surface area contributed by atoms with Crippen molar-refractivity contribution in [2.24, 2.45) is 0 Å². The molecule has 4 rings (SSSR count). The van der Waals surface area contributed by atoms with Gasteiger partial charge in [0.2, 0.25) is 5.91 Å². The molecule has 2 aromatic heterocycles. The minimum absolute atomic E-state index is 0.208. The third kappa shape index (κ3) is 4.08. The van der Waals surface area contributed by atoms with Gasteiger partial charge in [0.25, 0.3) is 0 Å². The summed E-state index contributed by atoms with van der Waals surface area (Å²) in [5.74, 6) is 0.208. The molecule has 7 nitrogen and oxygen atoms in total. The van der Waals surface area contributed by atoms with Crippen LogP contribution >= 0.6 is 11.3 Å². The number of hydrogen-bond donors (Lipinski definition) is 0. The van der Waals surface area contributed by atoms with Crippen molar-refractivity contribution < 1.29 is 9.53 Å². The van der Waals surface area contributed by atoms with Crippen LogP contribution in [0.15, 0.2) is 17.0 Å². The summed E-state index contributed by atoms with van der Waals surface area (Å²) in [6.07, 6.45) is 1.24. The van der Waals surface area contributed by atoms with Crippen LogP contribution in [0.3, 0.4) is 0 Å². The van der Waals surface area contributed by atoms with Crippen LogP contribution in [0.4, 0.5) is 0 Å². The highest BCUT2D eigenvalue weighted by atomic mass is 32.1. The fraction of sp³-hybridized carbons (Fsp3) is 0.588. The van der Waals surface area contributed by atoms with Crippen LogP contribution in [0, 0.1) is 0 Å². The monoisotopic (exact) mass is 361 g/mol. The van der Waals surface area contributed by atoms with E-state index >= 15 is 0 Å². The quantitative estimate of drug-likeness (QED) is 0.799. The molecule has 2 aliphatic heterocycles. The molecular formula is C17H23N5O2S. The lowest BCUT2D eigenvalue weighted by Gasteiger charge is -2.26. The van der Waals surface area contributed by atoms with E-state index in [1.165, 1.54) is 5.69 Å². The fourth-order valence-corrected chi connectivity index (χ4v) is 3.94. The summed E-state index contributed by atoms with van der Waals surface area (Å²) in [5.41, 5.74) is 5.27. The molecule has 0 bridgehead atoms. The first-order valence-corrected chi connectivity index (χ1v) is 9.73. The largest absolute Gasteiger partial charge is 0.378 e. The van der Waals surface area contributed by atoms with E-state index in [4.69, 9.17) is 4.74 Å². The highest BCUT2D eigenvalue weighted by Gasteiger charge is 2.20. The van der Waals surface area contributed by atoms with Gasteiger partial charge in [0.15, 0.2) is 0 Å². The van der Waals surface area contributed by atoms with Crippen molar-refractivity contribution in [1.29, 1.82) is 0 Å². The van der Waals surface area contributed by atoms with Crippen molar-refractivity contribution in [1.82, 2.24) is 24.6 Å². The van der Waals surface area contributed by atoms with Gasteiger partial charge in [-0.3, -0.25) is 14.4 Å². The zero-order chi connectivity index (χ0) is 17.1. The third-order valence-corrected chi connectivity index (χ3v) is 5.39. The van der Waals surface area contributed by atoms with Crippen LogP contribution in [-0.4, -0.2) is 63.3 Å². The third-order valence-electron chi connectivity index (χ3n) is 4.76. The van der Waals surface area contributed by atoms with Gasteiger partial charge >= 0.3 is 0 Å². The number of thiazole rings is 1. The summed E-state index contributed by atoms with van der Waals surface area (Å²) in [6.45, 7) is 6.39. The molecule has 0 aliphatic carbocycles. The summed E-state index contributed by atoms with van der Waals surface area (Å²) in [5, 5.41) is 6.79. The first-order chi connectivity index (χ1) is 12.3. The number of aryl methyl sites for hydroxylation is 1. The highest BCUT2D eigenvalue weighted by Crippen LogP contribution is 2.17. The molecule has 1 saturated heterocycles. The smallest absolute Gasteiger partial charge is 0.223 e. The van der Waals surface area contributed by atoms with E-state index in [2.05, 4.69) is 31.1 Å². The molecule has 0 N–H and O–H groups in total. The molecule has 2 aliphatic rings. The Balaban J connectivity index is 1.31. The molecule has 0 spiro atoms. The number of amides is 1. The minimum atomic E-state index is 0.208. The molecule has 0 aromatic carbocycles. The molecule has 0 radical (unpaired) electrons. The van der Waals surface area contributed by atoms with Gasteiger partial charge in [-0.1, -0.05) is 0 Å². The van der Waals surface area contributed by atoms with Crippen LogP contribution < -0.4 is 0 Å². The molecule has 134 valence electrons. The summed E-state index contributed by atoms with van der Waals surface area (Å²) in [4.78, 5) is 20.9. The van der Waals surface area contributed by atoms with E-state index in [0.717, 1.165) is 37.6 Å². The van der Waals surface area contributed by atoms with Crippen molar-refractivity contribution in [3.05, 3.63) is 34.0 Å². The molecule has 1 amide bonds. The van der Waals surface area contributed by atoms with E-state index in [1.807, 2.05) is 10.4 Å². The van der Waals surface area contributed by atoms with Gasteiger partial charge < -0.3 is 9.64 Å². The number of aromatic nitrogens is 3. The Bertz CT molecular complexity index is 709. The van der Waals surface area contributed by atoms with Crippen molar-refractivity contribution >= 4 is 17.2 Å². The summed E-state index contributed by atoms with van der Waals surface area (Å²) >= 11 is 1.64. The number of carbonyl (C=O) groups is 1. The van der Waals surface area contributed by atoms with Crippen molar-refractivity contribution in [3.8, 4) is 0 Å². The number of ether oxygens (including phenoxy) is 1. The average Bonchev–Trinajstić information content (AvgIpc) is 3.29. The predicted molar refractivity (Wildman–Crippen MR) is 94.2 cm³/mol. The Labute approximate surface area is 151 Å². The maximum Gasteiger partial charge on any atom is 0.223 e. The Morgan fingerprint density at radius 3 is 2.88 bits per heavy atom. The number of hydrogen-bond acceptors (Lipinski definition) is 6. The molecular weight excluding hydrogens is 338 g/mol. The van der Waals surface area contributed by atoms with Crippen LogP contribution in [0.5, 0.6) is 0 Å². The Morgan fingerprint density at radius 2 is 2.08 bits per heavy atom. The van der Waals surface area contributed by atoms with Crippen molar-refractivity contribution in [3.63, 3.8) is 0 Å². The molecule has 2 aromatic rings. The first-order valence-electron chi connectivity index (χ1n) is 8.78. The first kappa shape index (κ1) is 16.7. The maximum atomic E-state index is 12.3. The van der Waals surface area contributed by atoms with E-state index < -0.39 is 0 Å².